The molecule has 0 bridgehead atoms. The second-order valence-electron chi connectivity index (χ2n) is 6.32. The van der Waals surface area contributed by atoms with Gasteiger partial charge in [-0.25, -0.2) is 17.8 Å². The predicted molar refractivity (Wildman–Crippen MR) is 93.2 cm³/mol. The summed E-state index contributed by atoms with van der Waals surface area (Å²) in [4.78, 5) is 4.81. The average molecular weight is 359 g/mol. The van der Waals surface area contributed by atoms with E-state index in [2.05, 4.69) is 4.98 Å². The molecule has 0 spiro atoms. The maximum atomic E-state index is 13.1. The molecule has 2 aromatic carbocycles. The molecular weight excluding hydrogens is 341 g/mol. The van der Waals surface area contributed by atoms with Crippen molar-refractivity contribution in [2.75, 3.05) is 13.1 Å². The van der Waals surface area contributed by atoms with Crippen LogP contribution >= 0.6 is 0 Å². The molecule has 0 N–H and O–H groups in total. The minimum Gasteiger partial charge on any atom is -0.331 e. The summed E-state index contributed by atoms with van der Waals surface area (Å²) in [6.07, 6.45) is 0.720. The number of hydrogen-bond donors (Lipinski definition) is 0. The summed E-state index contributed by atoms with van der Waals surface area (Å²) in [7, 11) is -1.65. The van der Waals surface area contributed by atoms with Crippen molar-refractivity contribution in [3.8, 4) is 0 Å². The van der Waals surface area contributed by atoms with E-state index in [0.29, 0.717) is 13.1 Å². The first kappa shape index (κ1) is 16.2. The summed E-state index contributed by atoms with van der Waals surface area (Å²) >= 11 is 0. The molecule has 1 aliphatic heterocycles. The monoisotopic (exact) mass is 359 g/mol. The van der Waals surface area contributed by atoms with Crippen LogP contribution in [0.15, 0.2) is 53.4 Å². The molecule has 3 aromatic rings. The minimum atomic E-state index is -3.61. The number of hydrogen-bond acceptors (Lipinski definition) is 3. The Balaban J connectivity index is 1.62. The van der Waals surface area contributed by atoms with Crippen molar-refractivity contribution < 1.29 is 12.8 Å². The van der Waals surface area contributed by atoms with Crippen LogP contribution in [0.3, 0.4) is 0 Å². The fourth-order valence-electron chi connectivity index (χ4n) is 3.44. The molecule has 0 radical (unpaired) electrons. The number of aryl methyl sites for hydroxylation is 1. The highest BCUT2D eigenvalue weighted by Gasteiger charge is 2.35. The summed E-state index contributed by atoms with van der Waals surface area (Å²) in [5, 5.41) is 0. The quantitative estimate of drug-likeness (QED) is 0.723. The summed E-state index contributed by atoms with van der Waals surface area (Å²) in [6, 6.07) is 12.8. The Morgan fingerprint density at radius 2 is 1.84 bits per heavy atom. The van der Waals surface area contributed by atoms with Crippen LogP contribution in [0.4, 0.5) is 4.39 Å². The van der Waals surface area contributed by atoms with E-state index < -0.39 is 15.8 Å². The van der Waals surface area contributed by atoms with Crippen molar-refractivity contribution in [1.82, 2.24) is 13.9 Å². The number of nitrogens with zero attached hydrogens (tertiary/aromatic N) is 3. The highest BCUT2D eigenvalue weighted by molar-refractivity contribution is 7.89. The summed E-state index contributed by atoms with van der Waals surface area (Å²) in [6.45, 7) is 0.824. The van der Waals surface area contributed by atoms with E-state index >= 15 is 0 Å². The van der Waals surface area contributed by atoms with Crippen LogP contribution in [-0.2, 0) is 17.1 Å². The third-order valence-corrected chi connectivity index (χ3v) is 6.67. The molecule has 1 atom stereocenters. The van der Waals surface area contributed by atoms with Crippen LogP contribution < -0.4 is 0 Å². The zero-order valence-corrected chi connectivity index (χ0v) is 14.6. The fourth-order valence-corrected chi connectivity index (χ4v) is 4.94. The van der Waals surface area contributed by atoms with Crippen molar-refractivity contribution in [3.63, 3.8) is 0 Å². The van der Waals surface area contributed by atoms with Crippen molar-refractivity contribution in [2.24, 2.45) is 7.05 Å². The lowest BCUT2D eigenvalue weighted by molar-refractivity contribution is 0.470. The number of imidazole rings is 1. The number of fused-ring (bicyclic) bond motifs is 1. The van der Waals surface area contributed by atoms with Crippen molar-refractivity contribution >= 4 is 21.1 Å². The van der Waals surface area contributed by atoms with Crippen LogP contribution in [0.2, 0.25) is 0 Å². The molecule has 1 saturated heterocycles. The second kappa shape index (κ2) is 5.93. The fraction of sp³-hybridized carbons (Fsp3) is 0.278. The third kappa shape index (κ3) is 2.73. The predicted octanol–water partition coefficient (Wildman–Crippen LogP) is 2.89. The van der Waals surface area contributed by atoms with Gasteiger partial charge in [0, 0.05) is 26.1 Å². The minimum absolute atomic E-state index is 0.0487. The molecule has 1 aromatic heterocycles. The first-order chi connectivity index (χ1) is 12.0. The maximum Gasteiger partial charge on any atom is 0.243 e. The van der Waals surface area contributed by atoms with Crippen LogP contribution in [0.1, 0.15) is 18.2 Å². The van der Waals surface area contributed by atoms with E-state index in [1.165, 1.54) is 28.6 Å². The van der Waals surface area contributed by atoms with Crippen molar-refractivity contribution in [2.45, 2.75) is 17.2 Å². The van der Waals surface area contributed by atoms with Crippen LogP contribution in [0.5, 0.6) is 0 Å². The van der Waals surface area contributed by atoms with Gasteiger partial charge in [0.2, 0.25) is 10.0 Å². The lowest BCUT2D eigenvalue weighted by Crippen LogP contribution is -2.28. The highest BCUT2D eigenvalue weighted by atomic mass is 32.2. The van der Waals surface area contributed by atoms with E-state index in [1.54, 1.807) is 0 Å². The van der Waals surface area contributed by atoms with Crippen molar-refractivity contribution in [1.29, 1.82) is 0 Å². The SMILES string of the molecule is Cn1c(C2CCN(S(=O)(=O)c3ccc(F)cc3)C2)nc2ccccc21. The van der Waals surface area contributed by atoms with E-state index in [1.807, 2.05) is 35.9 Å². The Bertz CT molecular complexity index is 1030. The molecule has 1 unspecified atom stereocenters. The second-order valence-corrected chi connectivity index (χ2v) is 8.26. The number of halogens is 1. The number of rotatable bonds is 3. The highest BCUT2D eigenvalue weighted by Crippen LogP contribution is 2.32. The number of aromatic nitrogens is 2. The lowest BCUT2D eigenvalue weighted by Gasteiger charge is -2.16. The van der Waals surface area contributed by atoms with E-state index in [-0.39, 0.29) is 10.8 Å². The van der Waals surface area contributed by atoms with Crippen LogP contribution in [0.25, 0.3) is 11.0 Å². The smallest absolute Gasteiger partial charge is 0.243 e. The van der Waals surface area contributed by atoms with Crippen LogP contribution in [-0.4, -0.2) is 35.4 Å². The first-order valence-corrected chi connectivity index (χ1v) is 9.58. The molecule has 130 valence electrons. The Hall–Kier alpha value is -2.25. The molecule has 1 fully saturated rings. The lowest BCUT2D eigenvalue weighted by atomic mass is 10.1. The van der Waals surface area contributed by atoms with E-state index in [0.717, 1.165) is 23.3 Å². The van der Waals surface area contributed by atoms with Gasteiger partial charge < -0.3 is 4.57 Å². The van der Waals surface area contributed by atoms with Gasteiger partial charge in [-0.15, -0.1) is 0 Å². The number of benzene rings is 2. The third-order valence-electron chi connectivity index (χ3n) is 4.79. The normalized spacial score (nSPS) is 18.9. The van der Waals surface area contributed by atoms with E-state index in [9.17, 15) is 12.8 Å². The molecule has 1 aliphatic rings. The van der Waals surface area contributed by atoms with Gasteiger partial charge in [-0.3, -0.25) is 0 Å². The summed E-state index contributed by atoms with van der Waals surface area (Å²) < 4.78 is 42.1. The van der Waals surface area contributed by atoms with Crippen molar-refractivity contribution in [3.05, 3.63) is 60.2 Å². The van der Waals surface area contributed by atoms with Gasteiger partial charge in [0.25, 0.3) is 0 Å². The Morgan fingerprint density at radius 1 is 1.12 bits per heavy atom. The molecule has 2 heterocycles. The standard InChI is InChI=1S/C18H18FN3O2S/c1-21-17-5-3-2-4-16(17)20-18(21)13-10-11-22(12-13)25(23,24)15-8-6-14(19)7-9-15/h2-9,13H,10-12H2,1H3. The average Bonchev–Trinajstić information content (AvgIpc) is 3.21. The van der Waals surface area contributed by atoms with Gasteiger partial charge in [-0.1, -0.05) is 12.1 Å². The van der Waals surface area contributed by atoms with E-state index in [4.69, 9.17) is 0 Å². The van der Waals surface area contributed by atoms with Gasteiger partial charge in [-0.2, -0.15) is 4.31 Å². The molecule has 7 heteroatoms. The number of sulfonamides is 1. The Morgan fingerprint density at radius 3 is 2.56 bits per heavy atom. The zero-order chi connectivity index (χ0) is 17.6. The maximum absolute atomic E-state index is 13.1. The topological polar surface area (TPSA) is 55.2 Å². The molecule has 25 heavy (non-hydrogen) atoms. The van der Waals surface area contributed by atoms with Crippen LogP contribution in [0, 0.1) is 5.82 Å². The zero-order valence-electron chi connectivity index (χ0n) is 13.8. The van der Waals surface area contributed by atoms with Gasteiger partial charge in [0.15, 0.2) is 0 Å². The van der Waals surface area contributed by atoms with Gasteiger partial charge in [0.1, 0.15) is 11.6 Å². The summed E-state index contributed by atoms with van der Waals surface area (Å²) in [5.74, 6) is 0.503. The first-order valence-electron chi connectivity index (χ1n) is 8.14. The molecule has 5 nitrogen and oxygen atoms in total. The molecule has 0 aliphatic carbocycles. The molecule has 0 saturated carbocycles. The van der Waals surface area contributed by atoms with Gasteiger partial charge in [0.05, 0.1) is 15.9 Å². The Kier molecular flexibility index (Phi) is 3.85. The number of para-hydroxylation sites is 2. The van der Waals surface area contributed by atoms with Gasteiger partial charge >= 0.3 is 0 Å². The molecular formula is C18H18FN3O2S. The largest absolute Gasteiger partial charge is 0.331 e. The molecule has 4 rings (SSSR count). The summed E-state index contributed by atoms with van der Waals surface area (Å²) in [5.41, 5.74) is 1.96. The molecule has 0 amide bonds. The van der Waals surface area contributed by atoms with Gasteiger partial charge in [-0.05, 0) is 42.8 Å². The Labute approximate surface area is 145 Å².